The molecule has 6 heteroatoms. The van der Waals surface area contributed by atoms with Crippen molar-refractivity contribution in [3.05, 3.63) is 46.8 Å². The molecule has 0 aliphatic carbocycles. The molecule has 100 valence electrons. The molecule has 0 fully saturated rings. The molecule has 0 amide bonds. The van der Waals surface area contributed by atoms with Crippen LogP contribution in [0.5, 0.6) is 0 Å². The Bertz CT molecular complexity index is 610. The van der Waals surface area contributed by atoms with Gasteiger partial charge in [-0.25, -0.2) is 14.1 Å². The first-order chi connectivity index (χ1) is 8.99. The fourth-order valence-electron chi connectivity index (χ4n) is 1.78. The van der Waals surface area contributed by atoms with E-state index in [1.54, 1.807) is 4.68 Å². The number of Topliss-reactive ketones (excluding diaryl/α,β-unsaturated/α-hetero) is 1. The van der Waals surface area contributed by atoms with E-state index in [0.29, 0.717) is 10.8 Å². The van der Waals surface area contributed by atoms with Gasteiger partial charge in [0, 0.05) is 11.1 Å². The molecule has 4 nitrogen and oxygen atoms in total. The molecule has 2 aromatic rings. The number of carbonyl (C=O) groups excluding carboxylic acids is 1. The molecule has 0 aliphatic heterocycles. The quantitative estimate of drug-likeness (QED) is 0.809. The average Bonchev–Trinajstić information content (AvgIpc) is 2.80. The zero-order valence-corrected chi connectivity index (χ0v) is 11.4. The Morgan fingerprint density at radius 2 is 2.21 bits per heavy atom. The van der Waals surface area contributed by atoms with E-state index in [9.17, 15) is 9.18 Å². The third-order valence-corrected chi connectivity index (χ3v) is 2.92. The zero-order chi connectivity index (χ0) is 14.0. The summed E-state index contributed by atoms with van der Waals surface area (Å²) in [5, 5.41) is 4.36. The lowest BCUT2D eigenvalue weighted by atomic mass is 10.1. The fraction of sp³-hybridized carbons (Fsp3) is 0.308. The van der Waals surface area contributed by atoms with Crippen LogP contribution in [0, 0.1) is 5.82 Å². The van der Waals surface area contributed by atoms with Crippen molar-refractivity contribution in [3.8, 4) is 0 Å². The maximum atomic E-state index is 13.6. The summed E-state index contributed by atoms with van der Waals surface area (Å²) in [4.78, 5) is 16.1. The van der Waals surface area contributed by atoms with E-state index in [1.807, 2.05) is 13.8 Å². The maximum Gasteiger partial charge on any atom is 0.173 e. The van der Waals surface area contributed by atoms with Crippen LogP contribution in [0.15, 0.2) is 24.5 Å². The molecule has 0 aliphatic rings. The third kappa shape index (κ3) is 2.98. The van der Waals surface area contributed by atoms with Crippen LogP contribution in [0.1, 0.15) is 36.1 Å². The molecule has 0 bridgehead atoms. The van der Waals surface area contributed by atoms with Crippen molar-refractivity contribution in [2.24, 2.45) is 0 Å². The van der Waals surface area contributed by atoms with Gasteiger partial charge in [-0.1, -0.05) is 11.6 Å². The van der Waals surface area contributed by atoms with Gasteiger partial charge in [0.15, 0.2) is 5.78 Å². The largest absolute Gasteiger partial charge is 0.294 e. The fourth-order valence-corrected chi connectivity index (χ4v) is 1.95. The Balaban J connectivity index is 2.26. The molecule has 0 N–H and O–H groups in total. The van der Waals surface area contributed by atoms with Gasteiger partial charge in [-0.2, -0.15) is 5.10 Å². The van der Waals surface area contributed by atoms with Crippen LogP contribution < -0.4 is 0 Å². The van der Waals surface area contributed by atoms with Gasteiger partial charge in [0.25, 0.3) is 0 Å². The van der Waals surface area contributed by atoms with Gasteiger partial charge < -0.3 is 0 Å². The first kappa shape index (κ1) is 13.7. The number of hydrogen-bond donors (Lipinski definition) is 0. The molecule has 0 atom stereocenters. The number of halogens is 2. The number of carbonyl (C=O) groups is 1. The van der Waals surface area contributed by atoms with Crippen LogP contribution in [0.4, 0.5) is 4.39 Å². The highest BCUT2D eigenvalue weighted by Crippen LogP contribution is 2.17. The van der Waals surface area contributed by atoms with Gasteiger partial charge in [-0.3, -0.25) is 4.79 Å². The smallest absolute Gasteiger partial charge is 0.173 e. The van der Waals surface area contributed by atoms with E-state index in [0.717, 1.165) is 0 Å². The second-order valence-corrected chi connectivity index (χ2v) is 4.88. The topological polar surface area (TPSA) is 47.8 Å². The summed E-state index contributed by atoms with van der Waals surface area (Å²) in [6.45, 7) is 3.87. The highest BCUT2D eigenvalue weighted by Gasteiger charge is 2.17. The summed E-state index contributed by atoms with van der Waals surface area (Å²) >= 11 is 5.77. The van der Waals surface area contributed by atoms with Gasteiger partial charge >= 0.3 is 0 Å². The first-order valence-electron chi connectivity index (χ1n) is 5.85. The second-order valence-electron chi connectivity index (χ2n) is 4.44. The zero-order valence-electron chi connectivity index (χ0n) is 10.6. The Morgan fingerprint density at radius 1 is 1.47 bits per heavy atom. The van der Waals surface area contributed by atoms with Crippen LogP contribution in [0.3, 0.4) is 0 Å². The molecule has 0 radical (unpaired) electrons. The van der Waals surface area contributed by atoms with Crippen molar-refractivity contribution in [3.63, 3.8) is 0 Å². The summed E-state index contributed by atoms with van der Waals surface area (Å²) in [5.74, 6) is -0.431. The summed E-state index contributed by atoms with van der Waals surface area (Å²) < 4.78 is 15.2. The predicted octanol–water partition coefficient (Wildman–Crippen LogP) is 3.08. The average molecular weight is 282 g/mol. The highest BCUT2D eigenvalue weighted by molar-refractivity contribution is 6.31. The van der Waals surface area contributed by atoms with Gasteiger partial charge in [-0.15, -0.1) is 0 Å². The van der Waals surface area contributed by atoms with E-state index in [-0.39, 0.29) is 23.8 Å². The summed E-state index contributed by atoms with van der Waals surface area (Å²) in [7, 11) is 0. The van der Waals surface area contributed by atoms with Gasteiger partial charge in [0.1, 0.15) is 18.0 Å². The lowest BCUT2D eigenvalue weighted by Crippen LogP contribution is -2.14. The number of nitrogens with zero attached hydrogens (tertiary/aromatic N) is 3. The lowest BCUT2D eigenvalue weighted by molar-refractivity contribution is 0.0985. The SMILES string of the molecule is CC(C)n1ncnc1CC(=O)c1cc(Cl)ccc1F. The second kappa shape index (κ2) is 5.48. The number of benzene rings is 1. The summed E-state index contributed by atoms with van der Waals surface area (Å²) in [5.41, 5.74) is -0.0224. The molecule has 19 heavy (non-hydrogen) atoms. The number of rotatable bonds is 4. The van der Waals surface area contributed by atoms with E-state index in [2.05, 4.69) is 10.1 Å². The summed E-state index contributed by atoms with van der Waals surface area (Å²) in [6.07, 6.45) is 1.38. The molecule has 0 saturated heterocycles. The Kier molecular flexibility index (Phi) is 3.95. The van der Waals surface area contributed by atoms with E-state index in [4.69, 9.17) is 11.6 Å². The van der Waals surface area contributed by atoms with Crippen LogP contribution in [-0.4, -0.2) is 20.5 Å². The van der Waals surface area contributed by atoms with E-state index < -0.39 is 5.82 Å². The van der Waals surface area contributed by atoms with Crippen molar-refractivity contribution in [2.45, 2.75) is 26.3 Å². The number of hydrogen-bond acceptors (Lipinski definition) is 3. The molecule has 0 unspecified atom stereocenters. The number of ketones is 1. The normalized spacial score (nSPS) is 11.0. The van der Waals surface area contributed by atoms with Crippen molar-refractivity contribution >= 4 is 17.4 Å². The van der Waals surface area contributed by atoms with Crippen molar-refractivity contribution < 1.29 is 9.18 Å². The number of aromatic nitrogens is 3. The maximum absolute atomic E-state index is 13.6. The van der Waals surface area contributed by atoms with Crippen LogP contribution >= 0.6 is 11.6 Å². The molecular formula is C13H13ClFN3O. The third-order valence-electron chi connectivity index (χ3n) is 2.68. The van der Waals surface area contributed by atoms with Gasteiger partial charge in [-0.05, 0) is 32.0 Å². The van der Waals surface area contributed by atoms with Gasteiger partial charge in [0.05, 0.1) is 12.0 Å². The molecule has 2 rings (SSSR count). The van der Waals surface area contributed by atoms with E-state index >= 15 is 0 Å². The molecule has 0 saturated carbocycles. The van der Waals surface area contributed by atoms with Crippen molar-refractivity contribution in [1.29, 1.82) is 0 Å². The minimum Gasteiger partial charge on any atom is -0.294 e. The van der Waals surface area contributed by atoms with Crippen molar-refractivity contribution in [1.82, 2.24) is 14.8 Å². The molecule has 1 heterocycles. The van der Waals surface area contributed by atoms with Crippen LogP contribution in [0.25, 0.3) is 0 Å². The Morgan fingerprint density at radius 3 is 2.89 bits per heavy atom. The monoisotopic (exact) mass is 281 g/mol. The Labute approximate surface area is 115 Å². The minimum atomic E-state index is -0.579. The molecular weight excluding hydrogens is 269 g/mol. The lowest BCUT2D eigenvalue weighted by Gasteiger charge is -2.09. The summed E-state index contributed by atoms with van der Waals surface area (Å²) in [6, 6.07) is 4.01. The molecule has 0 spiro atoms. The van der Waals surface area contributed by atoms with Crippen LogP contribution in [-0.2, 0) is 6.42 Å². The minimum absolute atomic E-state index is 0.00452. The van der Waals surface area contributed by atoms with Crippen molar-refractivity contribution in [2.75, 3.05) is 0 Å². The highest BCUT2D eigenvalue weighted by atomic mass is 35.5. The molecule has 1 aromatic carbocycles. The van der Waals surface area contributed by atoms with Crippen LogP contribution in [0.2, 0.25) is 5.02 Å². The van der Waals surface area contributed by atoms with Gasteiger partial charge in [0.2, 0.25) is 0 Å². The Hall–Kier alpha value is -1.75. The molecule has 1 aromatic heterocycles. The van der Waals surface area contributed by atoms with E-state index in [1.165, 1.54) is 24.5 Å². The predicted molar refractivity (Wildman–Crippen MR) is 69.9 cm³/mol. The standard InChI is InChI=1S/C13H13ClFN3O/c1-8(2)18-13(16-7-17-18)6-12(19)10-5-9(14)3-4-11(10)15/h3-5,7-8H,6H2,1-2H3. The first-order valence-corrected chi connectivity index (χ1v) is 6.23.